The van der Waals surface area contributed by atoms with Crippen LogP contribution in [0.1, 0.15) is 26.2 Å². The molecule has 1 aromatic carbocycles. The predicted molar refractivity (Wildman–Crippen MR) is 111 cm³/mol. The maximum Gasteiger partial charge on any atom is 0.243 e. The quantitative estimate of drug-likeness (QED) is 0.693. The van der Waals surface area contributed by atoms with Crippen LogP contribution >= 0.6 is 23.4 Å². The van der Waals surface area contributed by atoms with Gasteiger partial charge in [0.2, 0.25) is 15.9 Å². The van der Waals surface area contributed by atoms with Gasteiger partial charge in [0.1, 0.15) is 0 Å². The zero-order valence-electron chi connectivity index (χ0n) is 15.8. The number of nitrogens with one attached hydrogen (secondary N) is 1. The summed E-state index contributed by atoms with van der Waals surface area (Å²) in [6.07, 6.45) is 6.23. The molecule has 1 aromatic heterocycles. The number of carbonyl (C=O) groups excluding carboxylic acids is 1. The number of nitrogens with zero attached hydrogens (tertiary/aromatic N) is 3. The van der Waals surface area contributed by atoms with Crippen LogP contribution in [0.25, 0.3) is 0 Å². The van der Waals surface area contributed by atoms with Gasteiger partial charge in [-0.1, -0.05) is 29.8 Å². The number of halogens is 1. The van der Waals surface area contributed by atoms with Crippen molar-refractivity contribution >= 4 is 45.0 Å². The van der Waals surface area contributed by atoms with Gasteiger partial charge in [0.15, 0.2) is 5.16 Å². The Morgan fingerprint density at radius 1 is 1.29 bits per heavy atom. The molecule has 0 aliphatic carbocycles. The van der Waals surface area contributed by atoms with E-state index in [9.17, 15) is 13.2 Å². The molecule has 2 aromatic rings. The number of rotatable bonds is 6. The van der Waals surface area contributed by atoms with Gasteiger partial charge in [-0.3, -0.25) is 4.79 Å². The summed E-state index contributed by atoms with van der Waals surface area (Å²) in [4.78, 5) is 16.9. The standard InChI is InChI=1S/C18H23ClN4O3S2/c1-13(27-18-20-8-11-22(18)2)17(24)21-16-12-14(6-7-15(16)19)28(25,26)23-9-4-3-5-10-23/h6-8,11-13H,3-5,9-10H2,1-2H3,(H,21,24)/t13-/m0/s1. The van der Waals surface area contributed by atoms with E-state index in [4.69, 9.17) is 11.6 Å². The van der Waals surface area contributed by atoms with Gasteiger partial charge in [-0.2, -0.15) is 4.31 Å². The fourth-order valence-corrected chi connectivity index (χ4v) is 5.47. The number of thioether (sulfide) groups is 1. The second kappa shape index (κ2) is 8.86. The van der Waals surface area contributed by atoms with Gasteiger partial charge in [-0.25, -0.2) is 13.4 Å². The Balaban J connectivity index is 1.76. The molecule has 10 heteroatoms. The fourth-order valence-electron chi connectivity index (χ4n) is 2.93. The van der Waals surface area contributed by atoms with E-state index in [1.54, 1.807) is 19.3 Å². The minimum Gasteiger partial charge on any atom is -0.329 e. The van der Waals surface area contributed by atoms with E-state index in [0.717, 1.165) is 24.4 Å². The highest BCUT2D eigenvalue weighted by molar-refractivity contribution is 8.00. The van der Waals surface area contributed by atoms with Crippen LogP contribution in [0.2, 0.25) is 5.02 Å². The van der Waals surface area contributed by atoms with Crippen molar-refractivity contribution in [1.29, 1.82) is 0 Å². The topological polar surface area (TPSA) is 84.3 Å². The average molecular weight is 443 g/mol. The second-order valence-electron chi connectivity index (χ2n) is 6.68. The first kappa shape index (κ1) is 21.2. The molecule has 1 amide bonds. The number of amides is 1. The van der Waals surface area contributed by atoms with Gasteiger partial charge in [-0.15, -0.1) is 0 Å². The number of benzene rings is 1. The lowest BCUT2D eigenvalue weighted by Crippen LogP contribution is -2.35. The van der Waals surface area contributed by atoms with Crippen LogP contribution in [0, 0.1) is 0 Å². The van der Waals surface area contributed by atoms with Gasteiger partial charge in [-0.05, 0) is 38.0 Å². The molecule has 7 nitrogen and oxygen atoms in total. The normalized spacial score (nSPS) is 16.7. The monoisotopic (exact) mass is 442 g/mol. The molecule has 1 aliphatic rings. The number of aryl methyl sites for hydroxylation is 1. The van der Waals surface area contributed by atoms with Gasteiger partial charge >= 0.3 is 0 Å². The smallest absolute Gasteiger partial charge is 0.243 e. The highest BCUT2D eigenvalue weighted by atomic mass is 35.5. The van der Waals surface area contributed by atoms with E-state index in [1.165, 1.54) is 34.3 Å². The summed E-state index contributed by atoms with van der Waals surface area (Å²) >= 11 is 7.52. The minimum absolute atomic E-state index is 0.138. The summed E-state index contributed by atoms with van der Waals surface area (Å²) < 4.78 is 29.1. The number of sulfonamides is 1. The predicted octanol–water partition coefficient (Wildman–Crippen LogP) is 3.37. The summed E-state index contributed by atoms with van der Waals surface area (Å²) in [6, 6.07) is 4.42. The van der Waals surface area contributed by atoms with Crippen molar-refractivity contribution in [3.8, 4) is 0 Å². The third kappa shape index (κ3) is 4.71. The molecular formula is C18H23ClN4O3S2. The molecule has 152 valence electrons. The van der Waals surface area contributed by atoms with E-state index in [0.29, 0.717) is 18.1 Å². The van der Waals surface area contributed by atoms with Crippen molar-refractivity contribution in [1.82, 2.24) is 13.9 Å². The van der Waals surface area contributed by atoms with Crippen LogP contribution in [0.3, 0.4) is 0 Å². The first-order valence-corrected chi connectivity index (χ1v) is 11.7. The van der Waals surface area contributed by atoms with E-state index < -0.39 is 15.3 Å². The largest absolute Gasteiger partial charge is 0.329 e. The summed E-state index contributed by atoms with van der Waals surface area (Å²) in [6.45, 7) is 2.80. The number of piperidine rings is 1. The van der Waals surface area contributed by atoms with Crippen molar-refractivity contribution < 1.29 is 13.2 Å². The third-order valence-corrected chi connectivity index (χ3v) is 7.97. The number of hydrogen-bond donors (Lipinski definition) is 1. The van der Waals surface area contributed by atoms with E-state index in [2.05, 4.69) is 10.3 Å². The number of carbonyl (C=O) groups is 1. The Hall–Kier alpha value is -1.55. The third-order valence-electron chi connectivity index (χ3n) is 4.58. The summed E-state index contributed by atoms with van der Waals surface area (Å²) in [5, 5.41) is 3.32. The van der Waals surface area contributed by atoms with Crippen LogP contribution in [-0.4, -0.2) is 46.5 Å². The lowest BCUT2D eigenvalue weighted by atomic mass is 10.2. The molecule has 0 saturated carbocycles. The number of hydrogen-bond acceptors (Lipinski definition) is 5. The average Bonchev–Trinajstić information content (AvgIpc) is 3.08. The van der Waals surface area contributed by atoms with Gasteiger partial charge in [0, 0.05) is 32.5 Å². The lowest BCUT2D eigenvalue weighted by Gasteiger charge is -2.26. The Labute approximate surface area is 174 Å². The summed E-state index contributed by atoms with van der Waals surface area (Å²) in [5.74, 6) is -0.276. The van der Waals surface area contributed by atoms with Gasteiger partial charge < -0.3 is 9.88 Å². The first-order valence-electron chi connectivity index (χ1n) is 9.03. The van der Waals surface area contributed by atoms with Gasteiger partial charge in [0.05, 0.1) is 20.9 Å². The molecule has 28 heavy (non-hydrogen) atoms. The SMILES string of the molecule is C[C@H](Sc1nccn1C)C(=O)Nc1cc(S(=O)(=O)N2CCCCC2)ccc1Cl. The first-order chi connectivity index (χ1) is 13.3. The number of aromatic nitrogens is 2. The maximum atomic E-state index is 12.9. The van der Waals surface area contributed by atoms with E-state index >= 15 is 0 Å². The molecule has 0 bridgehead atoms. The second-order valence-corrected chi connectivity index (χ2v) is 10.3. The molecule has 0 spiro atoms. The van der Waals surface area contributed by atoms with E-state index in [1.807, 2.05) is 11.6 Å². The molecular weight excluding hydrogens is 420 g/mol. The van der Waals surface area contributed by atoms with Crippen LogP contribution in [-0.2, 0) is 21.9 Å². The van der Waals surface area contributed by atoms with E-state index in [-0.39, 0.29) is 16.5 Å². The molecule has 1 saturated heterocycles. The fraction of sp³-hybridized carbons (Fsp3) is 0.444. The number of anilines is 1. The zero-order chi connectivity index (χ0) is 20.3. The van der Waals surface area contributed by atoms with Gasteiger partial charge in [0.25, 0.3) is 0 Å². The Kier molecular flexibility index (Phi) is 6.69. The molecule has 1 aliphatic heterocycles. The van der Waals surface area contributed by atoms with Crippen molar-refractivity contribution in [3.63, 3.8) is 0 Å². The summed E-state index contributed by atoms with van der Waals surface area (Å²) in [5.41, 5.74) is 0.289. The zero-order valence-corrected chi connectivity index (χ0v) is 18.1. The molecule has 1 N–H and O–H groups in total. The van der Waals surface area contributed by atoms with Crippen LogP contribution in [0.15, 0.2) is 40.6 Å². The summed E-state index contributed by atoms with van der Waals surface area (Å²) in [7, 11) is -1.75. The Morgan fingerprint density at radius 3 is 2.64 bits per heavy atom. The Morgan fingerprint density at radius 2 is 2.00 bits per heavy atom. The molecule has 0 unspecified atom stereocenters. The van der Waals surface area contributed by atoms with Crippen molar-refractivity contribution in [3.05, 3.63) is 35.6 Å². The van der Waals surface area contributed by atoms with Crippen LogP contribution < -0.4 is 5.32 Å². The molecule has 1 atom stereocenters. The lowest BCUT2D eigenvalue weighted by molar-refractivity contribution is -0.115. The number of imidazole rings is 1. The van der Waals surface area contributed by atoms with Crippen molar-refractivity contribution in [2.45, 2.75) is 41.5 Å². The van der Waals surface area contributed by atoms with Crippen molar-refractivity contribution in [2.24, 2.45) is 7.05 Å². The maximum absolute atomic E-state index is 12.9. The van der Waals surface area contributed by atoms with Crippen LogP contribution in [0.4, 0.5) is 5.69 Å². The highest BCUT2D eigenvalue weighted by Gasteiger charge is 2.27. The van der Waals surface area contributed by atoms with Crippen LogP contribution in [0.5, 0.6) is 0 Å². The molecule has 0 radical (unpaired) electrons. The highest BCUT2D eigenvalue weighted by Crippen LogP contribution is 2.29. The van der Waals surface area contributed by atoms with Crippen molar-refractivity contribution in [2.75, 3.05) is 18.4 Å². The minimum atomic E-state index is -3.60. The molecule has 1 fully saturated rings. The Bertz CT molecular complexity index is 955. The molecule has 2 heterocycles. The molecule has 3 rings (SSSR count).